The predicted molar refractivity (Wildman–Crippen MR) is 91.2 cm³/mol. The molecule has 134 valence electrons. The van der Waals surface area contributed by atoms with E-state index in [1.807, 2.05) is 0 Å². The topological polar surface area (TPSA) is 82.2 Å². The van der Waals surface area contributed by atoms with Crippen LogP contribution >= 0.6 is 0 Å². The first-order valence-corrected chi connectivity index (χ1v) is 8.18. The van der Waals surface area contributed by atoms with Crippen LogP contribution in [0.4, 0.5) is 16.0 Å². The second-order valence-electron chi connectivity index (χ2n) is 6.40. The molecule has 0 saturated carbocycles. The van der Waals surface area contributed by atoms with Crippen molar-refractivity contribution in [1.82, 2.24) is 9.55 Å². The lowest BCUT2D eigenvalue weighted by Gasteiger charge is -2.38. The molecule has 1 saturated heterocycles. The lowest BCUT2D eigenvalue weighted by molar-refractivity contribution is -0.388. The molecule has 0 aliphatic carbocycles. The summed E-state index contributed by atoms with van der Waals surface area (Å²) in [6, 6.07) is 6.46. The van der Waals surface area contributed by atoms with E-state index < -0.39 is 4.92 Å². The first-order valence-electron chi connectivity index (χ1n) is 8.18. The van der Waals surface area contributed by atoms with Crippen LogP contribution in [0.2, 0.25) is 0 Å². The van der Waals surface area contributed by atoms with Crippen molar-refractivity contribution in [2.45, 2.75) is 25.2 Å². The molecule has 1 fully saturated rings. The molecule has 0 bridgehead atoms. The Balaban J connectivity index is 1.90. The van der Waals surface area contributed by atoms with Crippen molar-refractivity contribution in [3.05, 3.63) is 51.6 Å². The first-order chi connectivity index (χ1) is 11.9. The molecule has 8 heteroatoms. The molecule has 0 radical (unpaired) electrons. The first kappa shape index (κ1) is 17.3. The van der Waals surface area contributed by atoms with Crippen molar-refractivity contribution in [3.63, 3.8) is 0 Å². The highest BCUT2D eigenvalue weighted by Crippen LogP contribution is 2.36. The summed E-state index contributed by atoms with van der Waals surface area (Å²) in [5, 5.41) is 14.5. The number of benzene rings is 1. The Morgan fingerprint density at radius 1 is 1.36 bits per heavy atom. The summed E-state index contributed by atoms with van der Waals surface area (Å²) in [7, 11) is 1.74. The number of aromatic nitrogens is 2. The zero-order chi connectivity index (χ0) is 18.0. The Bertz CT molecular complexity index is 767. The average Bonchev–Trinajstić information content (AvgIpc) is 2.89. The van der Waals surface area contributed by atoms with Crippen molar-refractivity contribution in [1.29, 1.82) is 0 Å². The van der Waals surface area contributed by atoms with Crippen LogP contribution in [0, 0.1) is 22.9 Å². The minimum atomic E-state index is -0.482. The smallest absolute Gasteiger partial charge is 0.381 e. The van der Waals surface area contributed by atoms with Crippen molar-refractivity contribution in [2.24, 2.45) is 7.05 Å². The van der Waals surface area contributed by atoms with Gasteiger partial charge in [0.05, 0.1) is 0 Å². The minimum Gasteiger partial charge on any atom is -0.381 e. The molecule has 0 spiro atoms. The van der Waals surface area contributed by atoms with E-state index in [4.69, 9.17) is 4.74 Å². The number of hydrogen-bond acceptors (Lipinski definition) is 5. The molecule has 0 amide bonds. The molecule has 25 heavy (non-hydrogen) atoms. The van der Waals surface area contributed by atoms with Gasteiger partial charge in [0.1, 0.15) is 5.82 Å². The number of hydrogen-bond donors (Lipinski definition) is 1. The maximum atomic E-state index is 13.3. The second kappa shape index (κ2) is 6.79. The van der Waals surface area contributed by atoms with E-state index in [0.29, 0.717) is 31.4 Å². The maximum Gasteiger partial charge on any atom is 0.406 e. The van der Waals surface area contributed by atoms with Gasteiger partial charge in [0.15, 0.2) is 0 Å². The van der Waals surface area contributed by atoms with Crippen LogP contribution in [0.5, 0.6) is 0 Å². The summed E-state index contributed by atoms with van der Waals surface area (Å²) >= 11 is 0. The third kappa shape index (κ3) is 3.34. The van der Waals surface area contributed by atoms with Gasteiger partial charge in [-0.25, -0.2) is 4.39 Å². The Kier molecular flexibility index (Phi) is 4.71. The van der Waals surface area contributed by atoms with Crippen molar-refractivity contribution >= 4 is 11.6 Å². The third-order valence-corrected chi connectivity index (χ3v) is 4.97. The van der Waals surface area contributed by atoms with E-state index in [2.05, 4.69) is 10.3 Å². The monoisotopic (exact) mass is 348 g/mol. The van der Waals surface area contributed by atoms with Gasteiger partial charge in [-0.05, 0) is 40.4 Å². The van der Waals surface area contributed by atoms with Gasteiger partial charge in [-0.3, -0.25) is 4.57 Å². The van der Waals surface area contributed by atoms with Crippen LogP contribution in [0.3, 0.4) is 0 Å². The van der Waals surface area contributed by atoms with Crippen molar-refractivity contribution in [3.8, 4) is 0 Å². The number of anilines is 1. The second-order valence-corrected chi connectivity index (χ2v) is 6.40. The van der Waals surface area contributed by atoms with Crippen LogP contribution in [-0.2, 0) is 17.2 Å². The summed E-state index contributed by atoms with van der Waals surface area (Å²) in [5.41, 5.74) is 0.740. The van der Waals surface area contributed by atoms with Crippen LogP contribution in [0.25, 0.3) is 0 Å². The van der Waals surface area contributed by atoms with E-state index in [9.17, 15) is 14.5 Å². The minimum absolute atomic E-state index is 0.179. The molecule has 1 aliphatic rings. The zero-order valence-electron chi connectivity index (χ0n) is 14.3. The van der Waals surface area contributed by atoms with Gasteiger partial charge in [0, 0.05) is 39.1 Å². The molecular formula is C17H21FN4O3. The standard InChI is InChI=1S/C17H21FN4O3/c1-12-20-16(22(23)24)15(21(12)2)19-11-17(7-9-25-10-8-17)13-3-5-14(18)6-4-13/h3-6,19H,7-11H2,1-2H3. The Hall–Kier alpha value is -2.48. The number of halogens is 1. The highest BCUT2D eigenvalue weighted by atomic mass is 19.1. The maximum absolute atomic E-state index is 13.3. The zero-order valence-corrected chi connectivity index (χ0v) is 14.3. The largest absolute Gasteiger partial charge is 0.406 e. The summed E-state index contributed by atoms with van der Waals surface area (Å²) in [4.78, 5) is 14.8. The normalized spacial score (nSPS) is 16.6. The SMILES string of the molecule is Cc1nc([N+](=O)[O-])c(NCC2(c3ccc(F)cc3)CCOCC2)n1C. The Morgan fingerprint density at radius 2 is 2.00 bits per heavy atom. The summed E-state index contributed by atoms with van der Waals surface area (Å²) in [6.07, 6.45) is 1.52. The van der Waals surface area contributed by atoms with E-state index in [1.54, 1.807) is 30.7 Å². The van der Waals surface area contributed by atoms with Gasteiger partial charge in [-0.1, -0.05) is 12.1 Å². The number of nitrogens with zero attached hydrogens (tertiary/aromatic N) is 3. The van der Waals surface area contributed by atoms with Gasteiger partial charge in [0.25, 0.3) is 0 Å². The lowest BCUT2D eigenvalue weighted by Crippen LogP contribution is -2.40. The van der Waals surface area contributed by atoms with Crippen LogP contribution in [0.15, 0.2) is 24.3 Å². The fourth-order valence-electron chi connectivity index (χ4n) is 3.30. The number of rotatable bonds is 5. The molecule has 2 heterocycles. The number of nitrogens with one attached hydrogen (secondary N) is 1. The van der Waals surface area contributed by atoms with Gasteiger partial charge in [0.2, 0.25) is 11.6 Å². The Morgan fingerprint density at radius 3 is 2.60 bits per heavy atom. The molecule has 1 aromatic heterocycles. The summed E-state index contributed by atoms with van der Waals surface area (Å²) in [5.74, 6) is 0.491. The summed E-state index contributed by atoms with van der Waals surface area (Å²) < 4.78 is 20.5. The van der Waals surface area contributed by atoms with Crippen LogP contribution in [0.1, 0.15) is 24.2 Å². The summed E-state index contributed by atoms with van der Waals surface area (Å²) in [6.45, 7) is 3.42. The third-order valence-electron chi connectivity index (χ3n) is 4.97. The quantitative estimate of drug-likeness (QED) is 0.663. The number of aryl methyl sites for hydroxylation is 1. The predicted octanol–water partition coefficient (Wildman–Crippen LogP) is 2.94. The van der Waals surface area contributed by atoms with Crippen molar-refractivity contribution in [2.75, 3.05) is 25.1 Å². The fourth-order valence-corrected chi connectivity index (χ4v) is 3.30. The molecule has 3 rings (SSSR count). The molecular weight excluding hydrogens is 327 g/mol. The molecule has 1 aliphatic heterocycles. The molecule has 2 aromatic rings. The highest BCUT2D eigenvalue weighted by Gasteiger charge is 2.36. The number of nitro groups is 1. The fraction of sp³-hybridized carbons (Fsp3) is 0.471. The van der Waals surface area contributed by atoms with Gasteiger partial charge < -0.3 is 20.2 Å². The average molecular weight is 348 g/mol. The molecule has 1 N–H and O–H groups in total. The highest BCUT2D eigenvalue weighted by molar-refractivity contribution is 5.54. The van der Waals surface area contributed by atoms with Gasteiger partial charge in [-0.2, -0.15) is 0 Å². The van der Waals surface area contributed by atoms with E-state index in [0.717, 1.165) is 18.4 Å². The van der Waals surface area contributed by atoms with Gasteiger partial charge in [-0.15, -0.1) is 0 Å². The number of imidazole rings is 1. The van der Waals surface area contributed by atoms with Gasteiger partial charge >= 0.3 is 5.82 Å². The van der Waals surface area contributed by atoms with Crippen molar-refractivity contribution < 1.29 is 14.1 Å². The molecule has 0 unspecified atom stereocenters. The van der Waals surface area contributed by atoms with E-state index in [1.165, 1.54) is 12.1 Å². The molecule has 0 atom stereocenters. The molecule has 7 nitrogen and oxygen atoms in total. The van der Waals surface area contributed by atoms with Crippen LogP contribution < -0.4 is 5.32 Å². The Labute approximate surface area is 145 Å². The van der Waals surface area contributed by atoms with E-state index >= 15 is 0 Å². The van der Waals surface area contributed by atoms with E-state index in [-0.39, 0.29) is 17.1 Å². The number of ether oxygens (including phenoxy) is 1. The molecule has 1 aromatic carbocycles. The van der Waals surface area contributed by atoms with Crippen LogP contribution in [-0.4, -0.2) is 34.2 Å². The lowest BCUT2D eigenvalue weighted by atomic mass is 9.74.